The lowest BCUT2D eigenvalue weighted by Crippen LogP contribution is -2.56. The Labute approximate surface area is 156 Å². The third kappa shape index (κ3) is 3.68. The average Bonchev–Trinajstić information content (AvgIpc) is 2.62. The second-order valence-electron chi connectivity index (χ2n) is 6.88. The molecule has 1 amide bonds. The van der Waals surface area contributed by atoms with Crippen LogP contribution in [0.1, 0.15) is 31.7 Å². The number of alkyl halides is 2. The van der Waals surface area contributed by atoms with Gasteiger partial charge >= 0.3 is 0 Å². The third-order valence-electron chi connectivity index (χ3n) is 5.22. The molecule has 1 saturated heterocycles. The Morgan fingerprint density at radius 2 is 2.27 bits per heavy atom. The van der Waals surface area contributed by atoms with Crippen molar-refractivity contribution in [1.82, 2.24) is 15.3 Å². The number of hydrogen-bond donors (Lipinski definition) is 2. The first-order valence-corrected chi connectivity index (χ1v) is 9.02. The molecule has 140 valence electrons. The van der Waals surface area contributed by atoms with Crippen molar-refractivity contribution in [2.75, 3.05) is 12.4 Å². The smallest absolute Gasteiger partial charge is 0.236 e. The molecule has 2 aliphatic rings. The van der Waals surface area contributed by atoms with Gasteiger partial charge < -0.3 is 15.4 Å². The lowest BCUT2D eigenvalue weighted by atomic mass is 9.73. The molecule has 1 aromatic heterocycles. The minimum Gasteiger partial charge on any atom is -0.480 e. The lowest BCUT2D eigenvalue weighted by Gasteiger charge is -2.43. The number of nitrogens with one attached hydrogen (secondary N) is 2. The highest BCUT2D eigenvalue weighted by Gasteiger charge is 2.44. The molecular formula is C17H21ClFN5O2. The minimum absolute atomic E-state index is 0.105. The van der Waals surface area contributed by atoms with Gasteiger partial charge in [-0.15, -0.1) is 11.6 Å². The van der Waals surface area contributed by atoms with E-state index in [0.717, 1.165) is 0 Å². The maximum absolute atomic E-state index is 13.8. The Morgan fingerprint density at radius 1 is 1.50 bits per heavy atom. The molecule has 1 aliphatic carbocycles. The monoisotopic (exact) mass is 381 g/mol. The van der Waals surface area contributed by atoms with Crippen molar-refractivity contribution in [3.05, 3.63) is 11.8 Å². The number of carbonyl (C=O) groups excluding carboxylic acids is 1. The summed E-state index contributed by atoms with van der Waals surface area (Å²) in [6.07, 6.45) is 1.75. The first-order valence-electron chi connectivity index (χ1n) is 8.59. The maximum Gasteiger partial charge on any atom is 0.236 e. The summed E-state index contributed by atoms with van der Waals surface area (Å²) in [5, 5.41) is 14.5. The number of amides is 1. The number of hydrogen-bond acceptors (Lipinski definition) is 6. The molecule has 2 fully saturated rings. The van der Waals surface area contributed by atoms with Crippen molar-refractivity contribution in [2.45, 2.75) is 49.8 Å². The largest absolute Gasteiger partial charge is 0.480 e. The molecule has 6 atom stereocenters. The summed E-state index contributed by atoms with van der Waals surface area (Å²) < 4.78 is 18.9. The van der Waals surface area contributed by atoms with Crippen LogP contribution in [0, 0.1) is 23.2 Å². The zero-order chi connectivity index (χ0) is 18.8. The molecule has 0 bridgehead atoms. The fourth-order valence-corrected chi connectivity index (χ4v) is 4.08. The van der Waals surface area contributed by atoms with E-state index in [1.54, 1.807) is 0 Å². The molecule has 1 aliphatic heterocycles. The number of anilines is 1. The van der Waals surface area contributed by atoms with Crippen LogP contribution in [0.25, 0.3) is 0 Å². The quantitative estimate of drug-likeness (QED) is 0.774. The highest BCUT2D eigenvalue weighted by atomic mass is 35.5. The van der Waals surface area contributed by atoms with E-state index in [0.29, 0.717) is 12.8 Å². The standard InChI is InChI=1S/C17H21ClFN5O2/c1-8(22-17-21-7-10(6-20)16(24-17)26-2)11-3-9-4-12(18)13(19)5-14(9)23-15(11)25/h7-9,11-14H,3-5H2,1-2H3,(H,23,25)(H,21,22,24)/t8-,9?,11?,12?,13?,14?/m1/s1. The molecule has 3 rings (SSSR count). The first-order chi connectivity index (χ1) is 12.4. The fourth-order valence-electron chi connectivity index (χ4n) is 3.75. The van der Waals surface area contributed by atoms with Gasteiger partial charge in [0, 0.05) is 18.5 Å². The second-order valence-corrected chi connectivity index (χ2v) is 7.44. The Morgan fingerprint density at radius 3 is 2.96 bits per heavy atom. The second kappa shape index (κ2) is 7.62. The van der Waals surface area contributed by atoms with E-state index in [9.17, 15) is 9.18 Å². The van der Waals surface area contributed by atoms with Crippen molar-refractivity contribution in [3.63, 3.8) is 0 Å². The van der Waals surface area contributed by atoms with E-state index in [2.05, 4.69) is 20.6 Å². The molecule has 0 spiro atoms. The van der Waals surface area contributed by atoms with Crippen molar-refractivity contribution in [1.29, 1.82) is 5.26 Å². The summed E-state index contributed by atoms with van der Waals surface area (Å²) >= 11 is 6.08. The summed E-state index contributed by atoms with van der Waals surface area (Å²) in [6.45, 7) is 1.87. The van der Waals surface area contributed by atoms with Crippen LogP contribution in [-0.4, -0.2) is 46.6 Å². The van der Waals surface area contributed by atoms with Crippen LogP contribution >= 0.6 is 11.6 Å². The van der Waals surface area contributed by atoms with Crippen molar-refractivity contribution in [2.24, 2.45) is 11.8 Å². The Bertz CT molecular complexity index is 728. The van der Waals surface area contributed by atoms with Gasteiger partial charge in [0.25, 0.3) is 0 Å². The number of piperidine rings is 1. The first kappa shape index (κ1) is 18.6. The van der Waals surface area contributed by atoms with E-state index in [1.807, 2.05) is 13.0 Å². The van der Waals surface area contributed by atoms with Crippen LogP contribution in [0.3, 0.4) is 0 Å². The van der Waals surface area contributed by atoms with E-state index >= 15 is 0 Å². The summed E-state index contributed by atoms with van der Waals surface area (Å²) in [4.78, 5) is 20.7. The normalized spacial score (nSPS) is 32.0. The number of aromatic nitrogens is 2. The van der Waals surface area contributed by atoms with Gasteiger partial charge in [-0.3, -0.25) is 4.79 Å². The molecule has 5 unspecified atom stereocenters. The van der Waals surface area contributed by atoms with Gasteiger partial charge in [-0.2, -0.15) is 10.2 Å². The molecule has 0 aromatic carbocycles. The Hall–Kier alpha value is -2.14. The molecular weight excluding hydrogens is 361 g/mol. The number of carbonyl (C=O) groups is 1. The SMILES string of the molecule is COc1nc(N[C@H](C)C2CC3CC(Cl)C(F)CC3NC2=O)ncc1C#N. The van der Waals surface area contributed by atoms with Crippen LogP contribution < -0.4 is 15.4 Å². The average molecular weight is 382 g/mol. The van der Waals surface area contributed by atoms with Gasteiger partial charge in [0.15, 0.2) is 0 Å². The van der Waals surface area contributed by atoms with Gasteiger partial charge in [0.05, 0.1) is 24.6 Å². The van der Waals surface area contributed by atoms with Gasteiger partial charge in [-0.05, 0) is 25.7 Å². The van der Waals surface area contributed by atoms with Crippen LogP contribution in [0.15, 0.2) is 6.20 Å². The fraction of sp³-hybridized carbons (Fsp3) is 0.647. The van der Waals surface area contributed by atoms with Crippen LogP contribution in [-0.2, 0) is 4.79 Å². The number of halogens is 2. The van der Waals surface area contributed by atoms with E-state index in [-0.39, 0.29) is 53.6 Å². The number of nitrogens with zero attached hydrogens (tertiary/aromatic N) is 3. The Kier molecular flexibility index (Phi) is 5.47. The predicted octanol–water partition coefficient (Wildman–Crippen LogP) is 2.02. The molecule has 1 saturated carbocycles. The third-order valence-corrected chi connectivity index (χ3v) is 5.67. The summed E-state index contributed by atoms with van der Waals surface area (Å²) in [5.74, 6) is 0.212. The summed E-state index contributed by atoms with van der Waals surface area (Å²) in [7, 11) is 1.43. The number of nitriles is 1. The van der Waals surface area contributed by atoms with Crippen molar-refractivity contribution < 1.29 is 13.9 Å². The number of rotatable bonds is 4. The molecule has 26 heavy (non-hydrogen) atoms. The van der Waals surface area contributed by atoms with E-state index in [1.165, 1.54) is 13.3 Å². The van der Waals surface area contributed by atoms with Crippen molar-refractivity contribution >= 4 is 23.5 Å². The van der Waals surface area contributed by atoms with Gasteiger partial charge in [-0.1, -0.05) is 0 Å². The molecule has 0 radical (unpaired) electrons. The molecule has 2 N–H and O–H groups in total. The lowest BCUT2D eigenvalue weighted by molar-refractivity contribution is -0.130. The summed E-state index contributed by atoms with van der Waals surface area (Å²) in [5.41, 5.74) is 0.236. The van der Waals surface area contributed by atoms with Crippen molar-refractivity contribution in [3.8, 4) is 11.9 Å². The highest BCUT2D eigenvalue weighted by Crippen LogP contribution is 2.38. The van der Waals surface area contributed by atoms with Crippen LogP contribution in [0.2, 0.25) is 0 Å². The van der Waals surface area contributed by atoms with Gasteiger partial charge in [0.1, 0.15) is 17.8 Å². The molecule has 7 nitrogen and oxygen atoms in total. The zero-order valence-electron chi connectivity index (χ0n) is 14.6. The predicted molar refractivity (Wildman–Crippen MR) is 93.7 cm³/mol. The van der Waals surface area contributed by atoms with Crippen LogP contribution in [0.5, 0.6) is 5.88 Å². The topological polar surface area (TPSA) is 99.9 Å². The Balaban J connectivity index is 1.69. The minimum atomic E-state index is -1.08. The summed E-state index contributed by atoms with van der Waals surface area (Å²) in [6, 6.07) is 1.56. The molecule has 2 heterocycles. The zero-order valence-corrected chi connectivity index (χ0v) is 15.3. The number of ether oxygens (including phenoxy) is 1. The van der Waals surface area contributed by atoms with Gasteiger partial charge in [0.2, 0.25) is 17.7 Å². The molecule has 9 heteroatoms. The van der Waals surface area contributed by atoms with E-state index < -0.39 is 11.5 Å². The van der Waals surface area contributed by atoms with E-state index in [4.69, 9.17) is 21.6 Å². The number of fused-ring (bicyclic) bond motifs is 1. The maximum atomic E-state index is 13.8. The van der Waals surface area contributed by atoms with Gasteiger partial charge in [-0.25, -0.2) is 9.37 Å². The molecule has 1 aromatic rings. The highest BCUT2D eigenvalue weighted by molar-refractivity contribution is 6.21. The van der Waals surface area contributed by atoms with Crippen LogP contribution in [0.4, 0.5) is 10.3 Å². The number of methoxy groups -OCH3 is 1.